The van der Waals surface area contributed by atoms with E-state index in [0.717, 1.165) is 0 Å². The van der Waals surface area contributed by atoms with Gasteiger partial charge in [-0.15, -0.1) is 0 Å². The Hall–Kier alpha value is -1.16. The van der Waals surface area contributed by atoms with Crippen molar-refractivity contribution in [2.45, 2.75) is 46.6 Å². The lowest BCUT2D eigenvalue weighted by molar-refractivity contribution is 0.207. The molecule has 0 aliphatic rings. The molecule has 0 atom stereocenters. The van der Waals surface area contributed by atoms with Crippen LogP contribution in [0.1, 0.15) is 38.8 Å². The highest BCUT2D eigenvalue weighted by Gasteiger charge is 2.55. The molecule has 0 N–H and O–H groups in total. The van der Waals surface area contributed by atoms with E-state index in [1.807, 2.05) is 14.2 Å². The third-order valence-electron chi connectivity index (χ3n) is 5.66. The van der Waals surface area contributed by atoms with Crippen molar-refractivity contribution < 1.29 is 8.85 Å². The molecule has 0 aliphatic heterocycles. The minimum atomic E-state index is -2.65. The molecule has 2 aromatic rings. The maximum atomic E-state index is 6.26. The first kappa shape index (κ1) is 18.2. The molecule has 0 heterocycles. The van der Waals surface area contributed by atoms with Gasteiger partial charge in [0.25, 0.3) is 0 Å². The molecule has 3 heteroatoms. The SMILES string of the molecule is CO[Si](OC)(c1c(C)ccc2cccc(C)c12)C(C)(C)C(C)C. The number of benzene rings is 2. The average molecular weight is 331 g/mol. The number of aryl methyl sites for hydroxylation is 2. The predicted molar refractivity (Wildman–Crippen MR) is 102 cm³/mol. The Balaban J connectivity index is 2.95. The van der Waals surface area contributed by atoms with Crippen LogP contribution >= 0.6 is 0 Å². The molecule has 0 spiro atoms. The van der Waals surface area contributed by atoms with Crippen molar-refractivity contribution in [3.05, 3.63) is 41.5 Å². The van der Waals surface area contributed by atoms with E-state index in [4.69, 9.17) is 8.85 Å². The summed E-state index contributed by atoms with van der Waals surface area (Å²) in [5, 5.41) is 3.79. The van der Waals surface area contributed by atoms with Crippen molar-refractivity contribution in [1.82, 2.24) is 0 Å². The standard InChI is InChI=1S/C20H30O2Si/c1-14(2)20(5,6)23(21-7,22-8)19-16(4)12-13-17-11-9-10-15(3)18(17)19/h9-14H,1-8H3. The Kier molecular flexibility index (Phi) is 5.05. The summed E-state index contributed by atoms with van der Waals surface area (Å²) in [6.07, 6.45) is 0. The zero-order valence-electron chi connectivity index (χ0n) is 15.8. The van der Waals surface area contributed by atoms with E-state index in [2.05, 4.69) is 71.9 Å². The molecular weight excluding hydrogens is 300 g/mol. The molecule has 2 rings (SSSR count). The van der Waals surface area contributed by atoms with Crippen LogP contribution in [0, 0.1) is 19.8 Å². The van der Waals surface area contributed by atoms with Gasteiger partial charge in [0.05, 0.1) is 0 Å². The minimum absolute atomic E-state index is 0.0577. The highest BCUT2D eigenvalue weighted by molar-refractivity contribution is 6.86. The van der Waals surface area contributed by atoms with Crippen molar-refractivity contribution in [3.63, 3.8) is 0 Å². The average Bonchev–Trinajstić information content (AvgIpc) is 2.50. The third-order valence-corrected chi connectivity index (χ3v) is 10.4. The first-order valence-electron chi connectivity index (χ1n) is 8.32. The highest BCUT2D eigenvalue weighted by atomic mass is 28.4. The van der Waals surface area contributed by atoms with Gasteiger partial charge in [0.15, 0.2) is 0 Å². The molecule has 0 aliphatic carbocycles. The van der Waals surface area contributed by atoms with Gasteiger partial charge in [0, 0.05) is 24.4 Å². The lowest BCUT2D eigenvalue weighted by Crippen LogP contribution is -2.62. The van der Waals surface area contributed by atoms with Gasteiger partial charge in [-0.1, -0.05) is 58.0 Å². The summed E-state index contributed by atoms with van der Waals surface area (Å²) < 4.78 is 12.5. The molecule has 0 radical (unpaired) electrons. The van der Waals surface area contributed by atoms with Gasteiger partial charge in [0.1, 0.15) is 0 Å². The van der Waals surface area contributed by atoms with E-state index in [0.29, 0.717) is 5.92 Å². The Labute approximate surface area is 142 Å². The largest absolute Gasteiger partial charge is 0.394 e. The molecule has 0 fully saturated rings. The molecule has 2 nitrogen and oxygen atoms in total. The van der Waals surface area contributed by atoms with Crippen LogP contribution in [0.3, 0.4) is 0 Å². The Morgan fingerprint density at radius 1 is 0.913 bits per heavy atom. The van der Waals surface area contributed by atoms with E-state index >= 15 is 0 Å². The second-order valence-electron chi connectivity index (χ2n) is 7.33. The Morgan fingerprint density at radius 3 is 2.04 bits per heavy atom. The molecule has 0 unspecified atom stereocenters. The van der Waals surface area contributed by atoms with E-state index in [1.165, 1.54) is 27.1 Å². The second-order valence-corrected chi connectivity index (χ2v) is 11.2. The van der Waals surface area contributed by atoms with Crippen molar-refractivity contribution in [3.8, 4) is 0 Å². The monoisotopic (exact) mass is 330 g/mol. The fourth-order valence-electron chi connectivity index (χ4n) is 3.61. The lowest BCUT2D eigenvalue weighted by Gasteiger charge is -2.45. The number of fused-ring (bicyclic) bond motifs is 1. The van der Waals surface area contributed by atoms with Crippen molar-refractivity contribution >= 4 is 24.5 Å². The molecule has 0 saturated carbocycles. The van der Waals surface area contributed by atoms with Crippen molar-refractivity contribution in [2.24, 2.45) is 5.92 Å². The molecule has 0 saturated heterocycles. The second kappa shape index (κ2) is 6.38. The van der Waals surface area contributed by atoms with Crippen LogP contribution in [0.4, 0.5) is 0 Å². The van der Waals surface area contributed by atoms with Crippen LogP contribution in [0.2, 0.25) is 5.04 Å². The molecule has 0 amide bonds. The summed E-state index contributed by atoms with van der Waals surface area (Å²) in [6, 6.07) is 10.9. The van der Waals surface area contributed by atoms with Gasteiger partial charge < -0.3 is 8.85 Å². The maximum Gasteiger partial charge on any atom is 0.379 e. The van der Waals surface area contributed by atoms with Crippen LogP contribution < -0.4 is 5.19 Å². The van der Waals surface area contributed by atoms with E-state index in [-0.39, 0.29) is 5.04 Å². The van der Waals surface area contributed by atoms with Crippen LogP contribution in [0.5, 0.6) is 0 Å². The van der Waals surface area contributed by atoms with Crippen molar-refractivity contribution in [1.29, 1.82) is 0 Å². The number of rotatable bonds is 5. The normalized spacial score (nSPS) is 13.1. The van der Waals surface area contributed by atoms with Gasteiger partial charge in [-0.2, -0.15) is 0 Å². The molecular formula is C20H30O2Si. The Morgan fingerprint density at radius 2 is 1.52 bits per heavy atom. The molecule has 23 heavy (non-hydrogen) atoms. The molecule has 126 valence electrons. The first-order chi connectivity index (χ1) is 10.7. The summed E-state index contributed by atoms with van der Waals surface area (Å²) in [6.45, 7) is 13.4. The number of hydrogen-bond acceptors (Lipinski definition) is 2. The first-order valence-corrected chi connectivity index (χ1v) is 10.1. The fourth-order valence-corrected chi connectivity index (χ4v) is 7.91. The van der Waals surface area contributed by atoms with Gasteiger partial charge in [0.2, 0.25) is 0 Å². The number of hydrogen-bond donors (Lipinski definition) is 0. The van der Waals surface area contributed by atoms with Gasteiger partial charge in [-0.25, -0.2) is 0 Å². The zero-order valence-corrected chi connectivity index (χ0v) is 16.8. The van der Waals surface area contributed by atoms with Gasteiger partial charge in [-0.3, -0.25) is 0 Å². The summed E-state index contributed by atoms with van der Waals surface area (Å²) in [5.41, 5.74) is 2.54. The topological polar surface area (TPSA) is 18.5 Å². The zero-order chi connectivity index (χ0) is 17.4. The van der Waals surface area contributed by atoms with E-state index in [1.54, 1.807) is 0 Å². The third kappa shape index (κ3) is 2.65. The van der Waals surface area contributed by atoms with Gasteiger partial charge in [-0.05, 0) is 41.7 Å². The summed E-state index contributed by atoms with van der Waals surface area (Å²) in [7, 11) is 0.981. The summed E-state index contributed by atoms with van der Waals surface area (Å²) in [4.78, 5) is 0. The van der Waals surface area contributed by atoms with E-state index in [9.17, 15) is 0 Å². The lowest BCUT2D eigenvalue weighted by atomic mass is 9.99. The smallest absolute Gasteiger partial charge is 0.379 e. The molecule has 0 aromatic heterocycles. The van der Waals surface area contributed by atoms with Crippen LogP contribution in [0.25, 0.3) is 10.8 Å². The van der Waals surface area contributed by atoms with Crippen LogP contribution in [-0.4, -0.2) is 22.8 Å². The highest BCUT2D eigenvalue weighted by Crippen LogP contribution is 2.45. The predicted octanol–water partition coefficient (Wildman–Crippen LogP) is 4.83. The fraction of sp³-hybridized carbons (Fsp3) is 0.500. The quantitative estimate of drug-likeness (QED) is 0.731. The maximum absolute atomic E-state index is 6.26. The molecule has 0 bridgehead atoms. The minimum Gasteiger partial charge on any atom is -0.394 e. The van der Waals surface area contributed by atoms with E-state index < -0.39 is 8.56 Å². The molecule has 2 aromatic carbocycles. The summed E-state index contributed by atoms with van der Waals surface area (Å²) >= 11 is 0. The van der Waals surface area contributed by atoms with Crippen LogP contribution in [0.15, 0.2) is 30.3 Å². The van der Waals surface area contributed by atoms with Crippen molar-refractivity contribution in [2.75, 3.05) is 14.2 Å². The van der Waals surface area contributed by atoms with Gasteiger partial charge >= 0.3 is 8.56 Å². The summed E-state index contributed by atoms with van der Waals surface area (Å²) in [5.74, 6) is 0.452. The Bertz CT molecular complexity index is 700. The van der Waals surface area contributed by atoms with Crippen LogP contribution in [-0.2, 0) is 8.85 Å².